The van der Waals surface area contributed by atoms with Crippen molar-refractivity contribution in [2.24, 2.45) is 13.0 Å². The number of aromatic nitrogens is 1. The van der Waals surface area contributed by atoms with Gasteiger partial charge in [0.1, 0.15) is 16.8 Å². The van der Waals surface area contributed by atoms with Gasteiger partial charge in [-0.3, -0.25) is 14.4 Å². The number of nitrogens with zero attached hydrogens (tertiary/aromatic N) is 2. The molecule has 2 aromatic rings. The molecule has 1 saturated heterocycles. The summed E-state index contributed by atoms with van der Waals surface area (Å²) in [5, 5.41) is 4.21. The van der Waals surface area contributed by atoms with Gasteiger partial charge in [-0.1, -0.05) is 0 Å². The first kappa shape index (κ1) is 29.3. The number of piperidine rings is 1. The van der Waals surface area contributed by atoms with Gasteiger partial charge >= 0.3 is 18.0 Å². The molecule has 1 aromatic heterocycles. The molecule has 1 fully saturated rings. The van der Waals surface area contributed by atoms with E-state index in [9.17, 15) is 40.4 Å². The second-order valence-corrected chi connectivity index (χ2v) is 11.5. The molecule has 0 saturated carbocycles. The number of carbonyl (C=O) groups excluding carboxylic acids is 3. The minimum absolute atomic E-state index is 0.0700. The topological polar surface area (TPSA) is 139 Å². The van der Waals surface area contributed by atoms with Crippen LogP contribution in [0.1, 0.15) is 29.4 Å². The molecular formula is C24H27F4N5O6S. The van der Waals surface area contributed by atoms with Crippen LogP contribution in [-0.4, -0.2) is 73.6 Å². The molecule has 2 aliphatic heterocycles. The van der Waals surface area contributed by atoms with E-state index in [0.717, 1.165) is 4.90 Å². The molecule has 0 radical (unpaired) electrons. The average Bonchev–Trinajstić information content (AvgIpc) is 3.20. The second-order valence-electron chi connectivity index (χ2n) is 9.78. The fraction of sp³-hybridized carbons (Fsp3) is 0.458. The zero-order chi connectivity index (χ0) is 29.6. The molecule has 0 aliphatic carbocycles. The van der Waals surface area contributed by atoms with E-state index in [1.807, 2.05) is 0 Å². The molecule has 3 N–H and O–H groups in total. The molecule has 218 valence electrons. The number of benzene rings is 1. The lowest BCUT2D eigenvalue weighted by Gasteiger charge is -2.39. The van der Waals surface area contributed by atoms with Crippen molar-refractivity contribution in [1.82, 2.24) is 19.5 Å². The van der Waals surface area contributed by atoms with E-state index in [-0.39, 0.29) is 53.7 Å². The summed E-state index contributed by atoms with van der Waals surface area (Å²) in [6.45, 7) is 1.78. The van der Waals surface area contributed by atoms with E-state index in [4.69, 9.17) is 4.74 Å². The first-order valence-corrected chi connectivity index (χ1v) is 13.6. The maximum Gasteiger partial charge on any atom is 0.408 e. The van der Waals surface area contributed by atoms with E-state index < -0.39 is 57.7 Å². The Morgan fingerprint density at radius 2 is 1.93 bits per heavy atom. The Labute approximate surface area is 226 Å². The largest absolute Gasteiger partial charge is 0.489 e. The summed E-state index contributed by atoms with van der Waals surface area (Å²) in [5.74, 6) is -4.75. The lowest BCUT2D eigenvalue weighted by molar-refractivity contribution is -0.162. The highest BCUT2D eigenvalue weighted by molar-refractivity contribution is 7.89. The highest BCUT2D eigenvalue weighted by Crippen LogP contribution is 2.35. The lowest BCUT2D eigenvalue weighted by atomic mass is 9.93. The van der Waals surface area contributed by atoms with E-state index in [0.29, 0.717) is 6.92 Å². The maximum atomic E-state index is 13.6. The van der Waals surface area contributed by atoms with Gasteiger partial charge in [0.2, 0.25) is 10.0 Å². The number of alkyl halides is 3. The van der Waals surface area contributed by atoms with Crippen LogP contribution >= 0.6 is 0 Å². The first-order valence-electron chi connectivity index (χ1n) is 12.2. The van der Waals surface area contributed by atoms with Crippen molar-refractivity contribution in [2.45, 2.75) is 43.4 Å². The predicted octanol–water partition coefficient (Wildman–Crippen LogP) is 1.68. The fourth-order valence-corrected chi connectivity index (χ4v) is 6.09. The number of sulfonamides is 1. The summed E-state index contributed by atoms with van der Waals surface area (Å²) in [4.78, 5) is 38.6. The van der Waals surface area contributed by atoms with Gasteiger partial charge in [0.15, 0.2) is 11.4 Å². The number of halogens is 4. The molecule has 40 heavy (non-hydrogen) atoms. The number of carbonyl (C=O) groups is 3. The van der Waals surface area contributed by atoms with Gasteiger partial charge in [-0.2, -0.15) is 13.2 Å². The molecule has 1 aromatic carbocycles. The van der Waals surface area contributed by atoms with Gasteiger partial charge in [-0.15, -0.1) is 0 Å². The van der Waals surface area contributed by atoms with Crippen LogP contribution in [0.2, 0.25) is 0 Å². The number of nitrogens with one attached hydrogen (secondary N) is 3. The summed E-state index contributed by atoms with van der Waals surface area (Å²) in [5.41, 5.74) is 0.419. The SMILES string of the molecule is Cc1cc(NC(=O)c2c3c(cn2C)S(=O)(=O)NC2CCN(C(=O)C(=O)N[C@@H](C)C(F)(F)F)CC2CO3)ccc1F. The number of anilines is 1. The molecule has 0 spiro atoms. The van der Waals surface area contributed by atoms with E-state index in [1.54, 1.807) is 5.32 Å². The van der Waals surface area contributed by atoms with Crippen LogP contribution in [0.4, 0.5) is 23.2 Å². The number of likely N-dealkylation sites (tertiary alicyclic amines) is 1. The fourth-order valence-electron chi connectivity index (χ4n) is 4.56. The summed E-state index contributed by atoms with van der Waals surface area (Å²) in [6.07, 6.45) is -3.45. The van der Waals surface area contributed by atoms with Gasteiger partial charge in [0.05, 0.1) is 6.61 Å². The third kappa shape index (κ3) is 5.91. The quantitative estimate of drug-likeness (QED) is 0.368. The van der Waals surface area contributed by atoms with E-state index in [1.165, 1.54) is 42.9 Å². The van der Waals surface area contributed by atoms with Crippen molar-refractivity contribution in [1.29, 1.82) is 0 Å². The number of ether oxygens (including phenoxy) is 1. The molecular weight excluding hydrogens is 562 g/mol. The molecule has 3 amide bonds. The highest BCUT2D eigenvalue weighted by atomic mass is 32.2. The van der Waals surface area contributed by atoms with Gasteiger partial charge < -0.3 is 24.8 Å². The van der Waals surface area contributed by atoms with Crippen LogP contribution < -0.4 is 20.1 Å². The van der Waals surface area contributed by atoms with Crippen molar-refractivity contribution in [3.8, 4) is 5.75 Å². The molecule has 3 atom stereocenters. The molecule has 16 heteroatoms. The maximum absolute atomic E-state index is 13.6. The first-order chi connectivity index (χ1) is 18.6. The third-order valence-electron chi connectivity index (χ3n) is 6.83. The Hall–Kier alpha value is -3.66. The summed E-state index contributed by atoms with van der Waals surface area (Å²) >= 11 is 0. The second kappa shape index (κ2) is 10.7. The number of rotatable bonds is 3. The van der Waals surface area contributed by atoms with Crippen LogP contribution in [0.15, 0.2) is 29.3 Å². The van der Waals surface area contributed by atoms with Crippen LogP contribution in [0.3, 0.4) is 0 Å². The summed E-state index contributed by atoms with van der Waals surface area (Å²) < 4.78 is 88.1. The Morgan fingerprint density at radius 3 is 2.58 bits per heavy atom. The Morgan fingerprint density at radius 1 is 1.23 bits per heavy atom. The molecule has 2 aliphatic rings. The highest BCUT2D eigenvalue weighted by Gasteiger charge is 2.42. The van der Waals surface area contributed by atoms with Gasteiger partial charge in [0, 0.05) is 44.0 Å². The number of aryl methyl sites for hydroxylation is 2. The van der Waals surface area contributed by atoms with Crippen molar-refractivity contribution in [3.05, 3.63) is 41.5 Å². The Bertz CT molecular complexity index is 1460. The monoisotopic (exact) mass is 589 g/mol. The van der Waals surface area contributed by atoms with Crippen molar-refractivity contribution < 1.29 is 45.1 Å². The van der Waals surface area contributed by atoms with Crippen molar-refractivity contribution in [3.63, 3.8) is 0 Å². The Kier molecular flexibility index (Phi) is 7.86. The summed E-state index contributed by atoms with van der Waals surface area (Å²) in [6, 6.07) is 0.974. The van der Waals surface area contributed by atoms with Crippen LogP contribution in [0.5, 0.6) is 5.75 Å². The summed E-state index contributed by atoms with van der Waals surface area (Å²) in [7, 11) is -2.77. The number of amides is 3. The van der Waals surface area contributed by atoms with Gasteiger partial charge in [-0.25, -0.2) is 17.5 Å². The normalized spacial score (nSPS) is 21.1. The molecule has 4 rings (SSSR count). The smallest absolute Gasteiger partial charge is 0.408 e. The zero-order valence-electron chi connectivity index (χ0n) is 21.6. The van der Waals surface area contributed by atoms with Gasteiger partial charge in [0.25, 0.3) is 5.91 Å². The van der Waals surface area contributed by atoms with Crippen LogP contribution in [-0.2, 0) is 26.7 Å². The zero-order valence-corrected chi connectivity index (χ0v) is 22.5. The number of hydrogen-bond acceptors (Lipinski definition) is 6. The minimum atomic E-state index is -4.73. The predicted molar refractivity (Wildman–Crippen MR) is 132 cm³/mol. The van der Waals surface area contributed by atoms with Crippen molar-refractivity contribution >= 4 is 33.4 Å². The molecule has 0 bridgehead atoms. The molecule has 3 heterocycles. The van der Waals surface area contributed by atoms with Crippen LogP contribution in [0, 0.1) is 18.7 Å². The minimum Gasteiger partial charge on any atom is -0.489 e. The lowest BCUT2D eigenvalue weighted by Crippen LogP contribution is -2.57. The number of hydrogen-bond donors (Lipinski definition) is 3. The average molecular weight is 590 g/mol. The third-order valence-corrected chi connectivity index (χ3v) is 8.31. The number of fused-ring (bicyclic) bond motifs is 2. The molecule has 11 nitrogen and oxygen atoms in total. The molecule has 2 unspecified atom stereocenters. The standard InChI is InChI=1S/C24H27F4N5O6S/c1-12-8-15(4-5-16(12)25)30-21(34)19-20-18(10-32(19)3)40(37,38)31-17-6-7-33(9-14(17)11-39-20)23(36)22(35)29-13(2)24(26,27)28/h4-5,8,10,13-14,17,31H,6-7,9,11H2,1-3H3,(H,29,35)(H,30,34)/t13-,14?,17?/m0/s1. The van der Waals surface area contributed by atoms with Gasteiger partial charge in [-0.05, 0) is 44.0 Å². The van der Waals surface area contributed by atoms with E-state index in [2.05, 4.69) is 10.0 Å². The Balaban J connectivity index is 1.54. The van der Waals surface area contributed by atoms with E-state index >= 15 is 0 Å². The van der Waals surface area contributed by atoms with Crippen LogP contribution in [0.25, 0.3) is 0 Å². The van der Waals surface area contributed by atoms with Crippen molar-refractivity contribution in [2.75, 3.05) is 25.0 Å².